The molecule has 3 rings (SSSR count). The zero-order valence-corrected chi connectivity index (χ0v) is 15.2. The summed E-state index contributed by atoms with van der Waals surface area (Å²) in [7, 11) is 0. The van der Waals surface area contributed by atoms with Gasteiger partial charge in [-0.25, -0.2) is 9.78 Å². The number of carbonyl (C=O) groups is 1. The van der Waals surface area contributed by atoms with Gasteiger partial charge in [0, 0.05) is 44.1 Å². The quantitative estimate of drug-likeness (QED) is 0.839. The molecule has 0 atom stereocenters. The SMILES string of the molecule is CCOC(=O)N1CCN(c2cc(-c3ncccc3C)c(Cl)cn2)CC1. The molecule has 0 aliphatic carbocycles. The smallest absolute Gasteiger partial charge is 0.409 e. The summed E-state index contributed by atoms with van der Waals surface area (Å²) in [6.45, 7) is 6.85. The van der Waals surface area contributed by atoms with E-state index in [1.54, 1.807) is 17.3 Å². The summed E-state index contributed by atoms with van der Waals surface area (Å²) in [5.74, 6) is 0.841. The van der Waals surface area contributed by atoms with E-state index in [0.29, 0.717) is 37.8 Å². The van der Waals surface area contributed by atoms with Crippen molar-refractivity contribution in [2.24, 2.45) is 0 Å². The number of halogens is 1. The van der Waals surface area contributed by atoms with Gasteiger partial charge >= 0.3 is 6.09 Å². The first kappa shape index (κ1) is 17.5. The number of hydrogen-bond acceptors (Lipinski definition) is 5. The molecule has 6 nitrogen and oxygen atoms in total. The molecule has 2 aromatic heterocycles. The van der Waals surface area contributed by atoms with E-state index in [9.17, 15) is 4.79 Å². The second-order valence-corrected chi connectivity index (χ2v) is 6.27. The molecule has 0 aromatic carbocycles. The molecule has 1 amide bonds. The minimum atomic E-state index is -0.254. The Labute approximate surface area is 152 Å². The second kappa shape index (κ2) is 7.70. The molecular formula is C18H21ClN4O2. The summed E-state index contributed by atoms with van der Waals surface area (Å²) in [6.07, 6.45) is 3.17. The van der Waals surface area contributed by atoms with E-state index >= 15 is 0 Å². The van der Waals surface area contributed by atoms with Crippen LogP contribution in [0.15, 0.2) is 30.6 Å². The Kier molecular flexibility index (Phi) is 5.38. The Balaban J connectivity index is 1.78. The van der Waals surface area contributed by atoms with Gasteiger partial charge in [0.1, 0.15) is 5.82 Å². The molecule has 1 fully saturated rings. The van der Waals surface area contributed by atoms with Gasteiger partial charge in [0.2, 0.25) is 0 Å². The van der Waals surface area contributed by atoms with Crippen LogP contribution in [0.5, 0.6) is 0 Å². The lowest BCUT2D eigenvalue weighted by Gasteiger charge is -2.34. The van der Waals surface area contributed by atoms with E-state index in [2.05, 4.69) is 14.9 Å². The third kappa shape index (κ3) is 3.85. The van der Waals surface area contributed by atoms with Crippen molar-refractivity contribution in [1.29, 1.82) is 0 Å². The Hall–Kier alpha value is -2.34. The number of hydrogen-bond donors (Lipinski definition) is 0. The number of rotatable bonds is 3. The van der Waals surface area contributed by atoms with E-state index in [-0.39, 0.29) is 6.09 Å². The van der Waals surface area contributed by atoms with Gasteiger partial charge in [0.15, 0.2) is 0 Å². The van der Waals surface area contributed by atoms with Gasteiger partial charge in [-0.1, -0.05) is 17.7 Å². The van der Waals surface area contributed by atoms with Crippen molar-refractivity contribution in [2.75, 3.05) is 37.7 Å². The summed E-state index contributed by atoms with van der Waals surface area (Å²) in [6, 6.07) is 5.89. The normalized spacial score (nSPS) is 14.5. The van der Waals surface area contributed by atoms with E-state index in [4.69, 9.17) is 16.3 Å². The lowest BCUT2D eigenvalue weighted by atomic mass is 10.1. The van der Waals surface area contributed by atoms with Crippen LogP contribution < -0.4 is 4.90 Å². The zero-order chi connectivity index (χ0) is 17.8. The first-order chi connectivity index (χ1) is 12.1. The summed E-state index contributed by atoms with van der Waals surface area (Å²) in [5, 5.41) is 0.579. The van der Waals surface area contributed by atoms with Crippen molar-refractivity contribution in [3.05, 3.63) is 41.2 Å². The van der Waals surface area contributed by atoms with Gasteiger partial charge in [-0.05, 0) is 31.5 Å². The van der Waals surface area contributed by atoms with Gasteiger partial charge < -0.3 is 14.5 Å². The molecule has 0 saturated carbocycles. The molecule has 25 heavy (non-hydrogen) atoms. The van der Waals surface area contributed by atoms with Crippen LogP contribution in [0.4, 0.5) is 10.6 Å². The number of pyridine rings is 2. The Bertz CT molecular complexity index is 760. The number of aromatic nitrogens is 2. The second-order valence-electron chi connectivity index (χ2n) is 5.86. The van der Waals surface area contributed by atoms with Crippen LogP contribution in [-0.2, 0) is 4.74 Å². The first-order valence-electron chi connectivity index (χ1n) is 8.34. The van der Waals surface area contributed by atoms with Gasteiger partial charge in [0.05, 0.1) is 17.3 Å². The third-order valence-electron chi connectivity index (χ3n) is 4.24. The molecule has 1 aliphatic heterocycles. The highest BCUT2D eigenvalue weighted by molar-refractivity contribution is 6.33. The molecule has 1 saturated heterocycles. The molecule has 1 aliphatic rings. The van der Waals surface area contributed by atoms with Gasteiger partial charge in [-0.2, -0.15) is 0 Å². The minimum absolute atomic E-state index is 0.254. The average Bonchev–Trinajstić information content (AvgIpc) is 2.63. The highest BCUT2D eigenvalue weighted by Gasteiger charge is 2.23. The molecular weight excluding hydrogens is 340 g/mol. The highest BCUT2D eigenvalue weighted by atomic mass is 35.5. The number of aryl methyl sites for hydroxylation is 1. The molecule has 2 aromatic rings. The molecule has 0 unspecified atom stereocenters. The van der Waals surface area contributed by atoms with Crippen LogP contribution in [0.1, 0.15) is 12.5 Å². The number of amides is 1. The molecule has 0 bridgehead atoms. The first-order valence-corrected chi connectivity index (χ1v) is 8.72. The summed E-state index contributed by atoms with van der Waals surface area (Å²) >= 11 is 6.35. The summed E-state index contributed by atoms with van der Waals surface area (Å²) in [4.78, 5) is 24.6. The van der Waals surface area contributed by atoms with Crippen molar-refractivity contribution in [3.63, 3.8) is 0 Å². The van der Waals surface area contributed by atoms with E-state index in [1.807, 2.05) is 32.0 Å². The topological polar surface area (TPSA) is 58.6 Å². The number of anilines is 1. The Morgan fingerprint density at radius 1 is 1.28 bits per heavy atom. The van der Waals surface area contributed by atoms with Crippen molar-refractivity contribution < 1.29 is 9.53 Å². The monoisotopic (exact) mass is 360 g/mol. The van der Waals surface area contributed by atoms with E-state index in [0.717, 1.165) is 22.6 Å². The molecule has 0 N–H and O–H groups in total. The maximum atomic E-state index is 11.8. The van der Waals surface area contributed by atoms with Crippen LogP contribution in [-0.4, -0.2) is 53.7 Å². The molecule has 0 radical (unpaired) electrons. The number of carbonyl (C=O) groups excluding carboxylic acids is 1. The average molecular weight is 361 g/mol. The number of piperazine rings is 1. The van der Waals surface area contributed by atoms with Crippen LogP contribution in [0.2, 0.25) is 5.02 Å². The molecule has 132 valence electrons. The number of nitrogens with zero attached hydrogens (tertiary/aromatic N) is 4. The third-order valence-corrected chi connectivity index (χ3v) is 4.54. The Morgan fingerprint density at radius 3 is 2.72 bits per heavy atom. The van der Waals surface area contributed by atoms with Crippen molar-refractivity contribution in [3.8, 4) is 11.3 Å². The van der Waals surface area contributed by atoms with Crippen molar-refractivity contribution in [1.82, 2.24) is 14.9 Å². The lowest BCUT2D eigenvalue weighted by molar-refractivity contribution is 0.105. The maximum absolute atomic E-state index is 11.8. The fraction of sp³-hybridized carbons (Fsp3) is 0.389. The van der Waals surface area contributed by atoms with E-state index < -0.39 is 0 Å². The van der Waals surface area contributed by atoms with Gasteiger partial charge in [-0.15, -0.1) is 0 Å². The molecule has 0 spiro atoms. The van der Waals surface area contributed by atoms with Crippen molar-refractivity contribution >= 4 is 23.5 Å². The van der Waals surface area contributed by atoms with Crippen LogP contribution >= 0.6 is 11.6 Å². The van der Waals surface area contributed by atoms with Crippen LogP contribution in [0, 0.1) is 6.92 Å². The highest BCUT2D eigenvalue weighted by Crippen LogP contribution is 2.31. The predicted molar refractivity (Wildman–Crippen MR) is 98.0 cm³/mol. The van der Waals surface area contributed by atoms with Crippen molar-refractivity contribution in [2.45, 2.75) is 13.8 Å². The lowest BCUT2D eigenvalue weighted by Crippen LogP contribution is -2.49. The maximum Gasteiger partial charge on any atom is 0.409 e. The fourth-order valence-corrected chi connectivity index (χ4v) is 3.08. The van der Waals surface area contributed by atoms with Gasteiger partial charge in [0.25, 0.3) is 0 Å². The summed E-state index contributed by atoms with van der Waals surface area (Å²) in [5.41, 5.74) is 2.80. The minimum Gasteiger partial charge on any atom is -0.450 e. The molecule has 7 heteroatoms. The Morgan fingerprint density at radius 2 is 2.04 bits per heavy atom. The van der Waals surface area contributed by atoms with E-state index in [1.165, 1.54) is 0 Å². The summed E-state index contributed by atoms with van der Waals surface area (Å²) < 4.78 is 5.06. The largest absolute Gasteiger partial charge is 0.450 e. The fourth-order valence-electron chi connectivity index (χ4n) is 2.88. The predicted octanol–water partition coefficient (Wildman–Crippen LogP) is 3.38. The number of ether oxygens (including phenoxy) is 1. The zero-order valence-electron chi connectivity index (χ0n) is 14.4. The van der Waals surface area contributed by atoms with Gasteiger partial charge in [-0.3, -0.25) is 4.98 Å². The molecule has 3 heterocycles. The van der Waals surface area contributed by atoms with Crippen LogP contribution in [0.25, 0.3) is 11.3 Å². The standard InChI is InChI=1S/C18H21ClN4O2/c1-3-25-18(24)23-9-7-22(8-10-23)16-11-14(15(19)12-21-16)17-13(2)5-4-6-20-17/h4-6,11-12H,3,7-10H2,1-2H3. The van der Waals surface area contributed by atoms with Crippen LogP contribution in [0.3, 0.4) is 0 Å².